The van der Waals surface area contributed by atoms with Crippen LogP contribution in [-0.2, 0) is 11.0 Å². The zero-order valence-corrected chi connectivity index (χ0v) is 11.4. The molecule has 1 amide bonds. The molecule has 1 aliphatic heterocycles. The molecule has 1 atom stereocenters. The number of hydrogen-bond donors (Lipinski definition) is 0. The normalized spacial score (nSPS) is 20.3. The molecule has 1 aromatic carbocycles. The van der Waals surface area contributed by atoms with Crippen LogP contribution in [0.3, 0.4) is 0 Å². The molecule has 0 radical (unpaired) electrons. The highest BCUT2D eigenvalue weighted by Crippen LogP contribution is 2.34. The van der Waals surface area contributed by atoms with E-state index in [0.29, 0.717) is 18.5 Å². The first-order valence-electron chi connectivity index (χ1n) is 6.86. The summed E-state index contributed by atoms with van der Waals surface area (Å²) >= 11 is 0. The van der Waals surface area contributed by atoms with Gasteiger partial charge in [0.15, 0.2) is 0 Å². The highest BCUT2D eigenvalue weighted by molar-refractivity contribution is 5.78. The van der Waals surface area contributed by atoms with Crippen LogP contribution in [0.25, 0.3) is 0 Å². The van der Waals surface area contributed by atoms with Crippen LogP contribution in [0.1, 0.15) is 43.2 Å². The Bertz CT molecular complexity index is 484. The van der Waals surface area contributed by atoms with Crippen molar-refractivity contribution in [2.75, 3.05) is 13.1 Å². The number of hydrogen-bond acceptors (Lipinski definition) is 1. The van der Waals surface area contributed by atoms with Gasteiger partial charge >= 0.3 is 6.18 Å². The monoisotopic (exact) mass is 285 g/mol. The number of carbonyl (C=O) groups is 1. The van der Waals surface area contributed by atoms with E-state index in [1.54, 1.807) is 11.0 Å². The fraction of sp³-hybridized carbons (Fsp3) is 0.533. The van der Waals surface area contributed by atoms with E-state index in [4.69, 9.17) is 0 Å². The first-order chi connectivity index (χ1) is 9.41. The van der Waals surface area contributed by atoms with Crippen LogP contribution >= 0.6 is 0 Å². The van der Waals surface area contributed by atoms with Gasteiger partial charge in [0.05, 0.1) is 5.56 Å². The van der Waals surface area contributed by atoms with Crippen molar-refractivity contribution < 1.29 is 18.0 Å². The number of carbonyl (C=O) groups excluding carboxylic acids is 1. The number of alkyl halides is 3. The van der Waals surface area contributed by atoms with Crippen molar-refractivity contribution in [3.8, 4) is 0 Å². The molecule has 20 heavy (non-hydrogen) atoms. The maximum Gasteiger partial charge on any atom is 0.416 e. The van der Waals surface area contributed by atoms with Crippen LogP contribution in [0.4, 0.5) is 13.2 Å². The molecule has 0 saturated carbocycles. The summed E-state index contributed by atoms with van der Waals surface area (Å²) in [6.07, 6.45) is -2.39. The lowest BCUT2D eigenvalue weighted by Gasteiger charge is -2.32. The summed E-state index contributed by atoms with van der Waals surface area (Å²) in [5.74, 6) is -0.0570. The Morgan fingerprint density at radius 2 is 2.10 bits per heavy atom. The standard InChI is InChI=1S/C15H18F3NO/c1-2-7-19-8-6-12(10-14(19)20)11-4-3-5-13(9-11)15(16,17)18/h3-5,9,12H,2,6-8,10H2,1H3. The Morgan fingerprint density at radius 3 is 2.70 bits per heavy atom. The zero-order chi connectivity index (χ0) is 14.8. The van der Waals surface area contributed by atoms with Crippen molar-refractivity contribution in [1.29, 1.82) is 0 Å². The molecule has 5 heteroatoms. The van der Waals surface area contributed by atoms with E-state index >= 15 is 0 Å². The fourth-order valence-corrected chi connectivity index (χ4v) is 2.64. The minimum absolute atomic E-state index is 0.0421. The van der Waals surface area contributed by atoms with E-state index in [0.717, 1.165) is 25.5 Å². The second kappa shape index (κ2) is 5.85. The third-order valence-electron chi connectivity index (χ3n) is 3.70. The molecule has 1 aliphatic rings. The molecule has 1 saturated heterocycles. The van der Waals surface area contributed by atoms with Crippen LogP contribution < -0.4 is 0 Å². The van der Waals surface area contributed by atoms with Crippen molar-refractivity contribution in [2.24, 2.45) is 0 Å². The van der Waals surface area contributed by atoms with Crippen molar-refractivity contribution in [3.05, 3.63) is 35.4 Å². The minimum atomic E-state index is -4.33. The van der Waals surface area contributed by atoms with Gasteiger partial charge in [-0.05, 0) is 30.4 Å². The number of likely N-dealkylation sites (tertiary alicyclic amines) is 1. The van der Waals surface area contributed by atoms with Crippen LogP contribution in [0.15, 0.2) is 24.3 Å². The lowest BCUT2D eigenvalue weighted by Crippen LogP contribution is -2.38. The Hall–Kier alpha value is -1.52. The Labute approximate surface area is 116 Å². The lowest BCUT2D eigenvalue weighted by molar-refractivity contribution is -0.137. The first-order valence-corrected chi connectivity index (χ1v) is 6.86. The molecule has 2 nitrogen and oxygen atoms in total. The largest absolute Gasteiger partial charge is 0.416 e. The molecule has 2 rings (SSSR count). The van der Waals surface area contributed by atoms with Gasteiger partial charge in [0.1, 0.15) is 0 Å². The molecule has 1 aromatic rings. The summed E-state index contributed by atoms with van der Waals surface area (Å²) in [6, 6.07) is 5.34. The molecule has 1 unspecified atom stereocenters. The van der Waals surface area contributed by atoms with Gasteiger partial charge in [-0.25, -0.2) is 0 Å². The highest BCUT2D eigenvalue weighted by Gasteiger charge is 2.32. The summed E-state index contributed by atoms with van der Waals surface area (Å²) in [4.78, 5) is 13.7. The van der Waals surface area contributed by atoms with Gasteiger partial charge in [0.2, 0.25) is 5.91 Å². The number of amides is 1. The summed E-state index contributed by atoms with van der Waals surface area (Å²) in [7, 11) is 0. The summed E-state index contributed by atoms with van der Waals surface area (Å²) in [6.45, 7) is 3.37. The Kier molecular flexibility index (Phi) is 4.35. The maximum absolute atomic E-state index is 12.7. The van der Waals surface area contributed by atoms with Crippen LogP contribution in [0.5, 0.6) is 0 Å². The van der Waals surface area contributed by atoms with E-state index in [-0.39, 0.29) is 11.8 Å². The van der Waals surface area contributed by atoms with E-state index in [1.165, 1.54) is 12.1 Å². The Balaban J connectivity index is 2.12. The van der Waals surface area contributed by atoms with Gasteiger partial charge < -0.3 is 4.90 Å². The molecular formula is C15H18F3NO. The molecule has 1 heterocycles. The van der Waals surface area contributed by atoms with Crippen molar-refractivity contribution in [1.82, 2.24) is 4.90 Å². The summed E-state index contributed by atoms with van der Waals surface area (Å²) in [5.41, 5.74) is -0.0252. The van der Waals surface area contributed by atoms with E-state index in [2.05, 4.69) is 0 Å². The van der Waals surface area contributed by atoms with Crippen molar-refractivity contribution in [3.63, 3.8) is 0 Å². The van der Waals surface area contributed by atoms with Gasteiger partial charge in [-0.1, -0.05) is 25.1 Å². The average Bonchev–Trinajstić information content (AvgIpc) is 2.40. The quantitative estimate of drug-likeness (QED) is 0.826. The first kappa shape index (κ1) is 14.9. The second-order valence-electron chi connectivity index (χ2n) is 5.19. The number of halogens is 3. The number of benzene rings is 1. The SMILES string of the molecule is CCCN1CCC(c2cccc(C(F)(F)F)c2)CC1=O. The van der Waals surface area contributed by atoms with Crippen LogP contribution in [-0.4, -0.2) is 23.9 Å². The molecule has 0 N–H and O–H groups in total. The topological polar surface area (TPSA) is 20.3 Å². The third-order valence-corrected chi connectivity index (χ3v) is 3.70. The molecule has 0 bridgehead atoms. The smallest absolute Gasteiger partial charge is 0.343 e. The number of piperidine rings is 1. The van der Waals surface area contributed by atoms with E-state index in [1.807, 2.05) is 6.92 Å². The molecule has 0 spiro atoms. The molecule has 0 aliphatic carbocycles. The van der Waals surface area contributed by atoms with E-state index in [9.17, 15) is 18.0 Å². The van der Waals surface area contributed by atoms with Gasteiger partial charge in [0, 0.05) is 19.5 Å². The number of rotatable bonds is 3. The van der Waals surface area contributed by atoms with Crippen molar-refractivity contribution >= 4 is 5.91 Å². The van der Waals surface area contributed by atoms with Gasteiger partial charge in [-0.15, -0.1) is 0 Å². The molecule has 1 fully saturated rings. The molecule has 110 valence electrons. The summed E-state index contributed by atoms with van der Waals surface area (Å²) < 4.78 is 38.1. The summed E-state index contributed by atoms with van der Waals surface area (Å²) in [5, 5.41) is 0. The van der Waals surface area contributed by atoms with Gasteiger partial charge in [0.25, 0.3) is 0 Å². The maximum atomic E-state index is 12.7. The predicted octanol–water partition coefficient (Wildman–Crippen LogP) is 3.82. The predicted molar refractivity (Wildman–Crippen MR) is 70.3 cm³/mol. The van der Waals surface area contributed by atoms with E-state index < -0.39 is 11.7 Å². The Morgan fingerprint density at radius 1 is 1.35 bits per heavy atom. The average molecular weight is 285 g/mol. The van der Waals surface area contributed by atoms with Crippen LogP contribution in [0, 0.1) is 0 Å². The number of nitrogens with zero attached hydrogens (tertiary/aromatic N) is 1. The van der Waals surface area contributed by atoms with Crippen LogP contribution in [0.2, 0.25) is 0 Å². The fourth-order valence-electron chi connectivity index (χ4n) is 2.64. The lowest BCUT2D eigenvalue weighted by atomic mass is 9.88. The minimum Gasteiger partial charge on any atom is -0.343 e. The second-order valence-corrected chi connectivity index (χ2v) is 5.19. The molecular weight excluding hydrogens is 267 g/mol. The molecule has 0 aromatic heterocycles. The van der Waals surface area contributed by atoms with Gasteiger partial charge in [-0.2, -0.15) is 13.2 Å². The van der Waals surface area contributed by atoms with Crippen molar-refractivity contribution in [2.45, 2.75) is 38.3 Å². The highest BCUT2D eigenvalue weighted by atomic mass is 19.4. The zero-order valence-electron chi connectivity index (χ0n) is 11.4. The van der Waals surface area contributed by atoms with Gasteiger partial charge in [-0.3, -0.25) is 4.79 Å². The third kappa shape index (κ3) is 3.32.